The lowest BCUT2D eigenvalue weighted by molar-refractivity contribution is -0.120. The van der Waals surface area contributed by atoms with E-state index in [-0.39, 0.29) is 18.5 Å². The van der Waals surface area contributed by atoms with E-state index < -0.39 is 29.5 Å². The summed E-state index contributed by atoms with van der Waals surface area (Å²) in [6, 6.07) is 8.86. The van der Waals surface area contributed by atoms with E-state index in [9.17, 15) is 23.1 Å². The lowest BCUT2D eigenvalue weighted by Gasteiger charge is -2.13. The fourth-order valence-corrected chi connectivity index (χ4v) is 1.96. The van der Waals surface area contributed by atoms with Crippen molar-refractivity contribution in [2.24, 2.45) is 0 Å². The highest BCUT2D eigenvalue weighted by Crippen LogP contribution is 2.15. The monoisotopic (exact) mass is 309 g/mol. The number of halogens is 3. The van der Waals surface area contributed by atoms with Gasteiger partial charge in [-0.05, 0) is 23.8 Å². The van der Waals surface area contributed by atoms with Crippen LogP contribution in [0.1, 0.15) is 17.2 Å². The number of amides is 1. The van der Waals surface area contributed by atoms with E-state index in [1.54, 1.807) is 6.07 Å². The number of hydrogen-bond donors (Lipinski definition) is 2. The Bertz CT molecular complexity index is 676. The minimum absolute atomic E-state index is 0.0793. The molecule has 2 aromatic rings. The maximum absolute atomic E-state index is 13.4. The molecular weight excluding hydrogens is 295 g/mol. The van der Waals surface area contributed by atoms with Gasteiger partial charge in [-0.15, -0.1) is 0 Å². The molecule has 1 amide bonds. The zero-order valence-electron chi connectivity index (χ0n) is 11.5. The summed E-state index contributed by atoms with van der Waals surface area (Å²) < 4.78 is 39.2. The number of nitrogens with one attached hydrogen (secondary N) is 1. The second-order valence-electron chi connectivity index (χ2n) is 4.77. The van der Waals surface area contributed by atoms with Gasteiger partial charge in [0.1, 0.15) is 5.82 Å². The molecule has 0 saturated carbocycles. The molecule has 0 saturated heterocycles. The number of aliphatic hydroxyl groups is 1. The molecule has 22 heavy (non-hydrogen) atoms. The van der Waals surface area contributed by atoms with E-state index in [0.717, 1.165) is 12.1 Å². The normalized spacial score (nSPS) is 12.0. The first-order valence-electron chi connectivity index (χ1n) is 6.60. The Morgan fingerprint density at radius 3 is 2.45 bits per heavy atom. The van der Waals surface area contributed by atoms with E-state index in [1.165, 1.54) is 24.3 Å². The molecule has 0 aromatic heterocycles. The van der Waals surface area contributed by atoms with E-state index >= 15 is 0 Å². The van der Waals surface area contributed by atoms with Crippen molar-refractivity contribution in [2.45, 2.75) is 12.5 Å². The molecule has 0 bridgehead atoms. The standard InChI is InChI=1S/C16H14F3NO2/c17-12-4-2-1-3-11(12)15(21)9-20-16(22)8-10-5-6-13(18)14(19)7-10/h1-7,15,21H,8-9H2,(H,20,22). The van der Waals surface area contributed by atoms with Crippen molar-refractivity contribution in [2.75, 3.05) is 6.54 Å². The lowest BCUT2D eigenvalue weighted by Crippen LogP contribution is -2.30. The van der Waals surface area contributed by atoms with Gasteiger partial charge in [0.25, 0.3) is 0 Å². The van der Waals surface area contributed by atoms with Gasteiger partial charge in [-0.1, -0.05) is 24.3 Å². The molecular formula is C16H14F3NO2. The molecule has 2 rings (SSSR count). The summed E-state index contributed by atoms with van der Waals surface area (Å²) in [6.07, 6.45) is -1.35. The smallest absolute Gasteiger partial charge is 0.224 e. The van der Waals surface area contributed by atoms with E-state index in [4.69, 9.17) is 0 Å². The van der Waals surface area contributed by atoms with Crippen LogP contribution in [-0.4, -0.2) is 17.6 Å². The summed E-state index contributed by atoms with van der Waals surface area (Å²) in [7, 11) is 0. The van der Waals surface area contributed by atoms with Gasteiger partial charge in [-0.25, -0.2) is 13.2 Å². The third-order valence-electron chi connectivity index (χ3n) is 3.11. The van der Waals surface area contributed by atoms with E-state index in [1.807, 2.05) is 0 Å². The maximum atomic E-state index is 13.4. The number of benzene rings is 2. The number of aliphatic hydroxyl groups excluding tert-OH is 1. The summed E-state index contributed by atoms with van der Waals surface area (Å²) in [4.78, 5) is 11.7. The summed E-state index contributed by atoms with van der Waals surface area (Å²) in [5.74, 6) is -3.07. The summed E-state index contributed by atoms with van der Waals surface area (Å²) in [5.41, 5.74) is 0.382. The Balaban J connectivity index is 1.90. The molecule has 0 spiro atoms. The number of carbonyl (C=O) groups is 1. The Morgan fingerprint density at radius 1 is 1.05 bits per heavy atom. The molecule has 6 heteroatoms. The molecule has 2 N–H and O–H groups in total. The van der Waals surface area contributed by atoms with Gasteiger partial charge in [0, 0.05) is 12.1 Å². The SMILES string of the molecule is O=C(Cc1ccc(F)c(F)c1)NCC(O)c1ccccc1F. The lowest BCUT2D eigenvalue weighted by atomic mass is 10.1. The largest absolute Gasteiger partial charge is 0.386 e. The third kappa shape index (κ3) is 4.08. The van der Waals surface area contributed by atoms with Crippen LogP contribution >= 0.6 is 0 Å². The molecule has 1 unspecified atom stereocenters. The van der Waals surface area contributed by atoms with Gasteiger partial charge < -0.3 is 10.4 Å². The van der Waals surface area contributed by atoms with Crippen molar-refractivity contribution in [3.8, 4) is 0 Å². The highest BCUT2D eigenvalue weighted by molar-refractivity contribution is 5.78. The second kappa shape index (κ2) is 7.09. The molecule has 116 valence electrons. The highest BCUT2D eigenvalue weighted by atomic mass is 19.2. The van der Waals surface area contributed by atoms with Crippen LogP contribution in [0.15, 0.2) is 42.5 Å². The fourth-order valence-electron chi connectivity index (χ4n) is 1.96. The summed E-state index contributed by atoms with van der Waals surface area (Å²) in [6.45, 7) is -0.177. The van der Waals surface area contributed by atoms with Gasteiger partial charge in [0.15, 0.2) is 11.6 Å². The maximum Gasteiger partial charge on any atom is 0.224 e. The van der Waals surface area contributed by atoms with Gasteiger partial charge >= 0.3 is 0 Å². The van der Waals surface area contributed by atoms with Crippen molar-refractivity contribution in [1.82, 2.24) is 5.32 Å². The Morgan fingerprint density at radius 2 is 1.77 bits per heavy atom. The summed E-state index contributed by atoms with van der Waals surface area (Å²) in [5, 5.41) is 12.3. The molecule has 0 aliphatic carbocycles. The highest BCUT2D eigenvalue weighted by Gasteiger charge is 2.14. The van der Waals surface area contributed by atoms with Crippen LogP contribution in [0, 0.1) is 17.5 Å². The second-order valence-corrected chi connectivity index (χ2v) is 4.77. The molecule has 3 nitrogen and oxygen atoms in total. The van der Waals surface area contributed by atoms with Gasteiger partial charge in [-0.3, -0.25) is 4.79 Å². The number of rotatable bonds is 5. The first-order valence-corrected chi connectivity index (χ1v) is 6.60. The van der Waals surface area contributed by atoms with Crippen LogP contribution in [-0.2, 0) is 11.2 Å². The van der Waals surface area contributed by atoms with Crippen LogP contribution in [0.4, 0.5) is 13.2 Å². The fraction of sp³-hybridized carbons (Fsp3) is 0.188. The molecule has 0 fully saturated rings. The number of hydrogen-bond acceptors (Lipinski definition) is 2. The zero-order valence-corrected chi connectivity index (χ0v) is 11.5. The van der Waals surface area contributed by atoms with Crippen molar-refractivity contribution in [3.63, 3.8) is 0 Å². The first kappa shape index (κ1) is 16.0. The van der Waals surface area contributed by atoms with Gasteiger partial charge in [0.2, 0.25) is 5.91 Å². The molecule has 2 aromatic carbocycles. The molecule has 0 aliphatic rings. The van der Waals surface area contributed by atoms with Crippen LogP contribution in [0.25, 0.3) is 0 Å². The average Bonchev–Trinajstić information content (AvgIpc) is 2.49. The zero-order chi connectivity index (χ0) is 16.1. The Hall–Kier alpha value is -2.34. The van der Waals surface area contributed by atoms with Crippen molar-refractivity contribution in [3.05, 3.63) is 71.0 Å². The van der Waals surface area contributed by atoms with E-state index in [0.29, 0.717) is 5.56 Å². The minimum atomic E-state index is -1.19. The quantitative estimate of drug-likeness (QED) is 0.891. The van der Waals surface area contributed by atoms with Crippen LogP contribution in [0.5, 0.6) is 0 Å². The minimum Gasteiger partial charge on any atom is -0.386 e. The Labute approximate surface area is 125 Å². The van der Waals surface area contributed by atoms with Crippen molar-refractivity contribution < 1.29 is 23.1 Å². The number of carbonyl (C=O) groups excluding carboxylic acids is 1. The van der Waals surface area contributed by atoms with Gasteiger partial charge in [-0.2, -0.15) is 0 Å². The van der Waals surface area contributed by atoms with Gasteiger partial charge in [0.05, 0.1) is 12.5 Å². The van der Waals surface area contributed by atoms with Crippen LogP contribution in [0.2, 0.25) is 0 Å². The predicted octanol–water partition coefficient (Wildman–Crippen LogP) is 2.50. The van der Waals surface area contributed by atoms with Crippen LogP contribution < -0.4 is 5.32 Å². The summed E-state index contributed by atoms with van der Waals surface area (Å²) >= 11 is 0. The molecule has 0 aliphatic heterocycles. The third-order valence-corrected chi connectivity index (χ3v) is 3.11. The van der Waals surface area contributed by atoms with Crippen molar-refractivity contribution in [1.29, 1.82) is 0 Å². The molecule has 0 radical (unpaired) electrons. The predicted molar refractivity (Wildman–Crippen MR) is 74.4 cm³/mol. The molecule has 0 heterocycles. The van der Waals surface area contributed by atoms with Crippen LogP contribution in [0.3, 0.4) is 0 Å². The average molecular weight is 309 g/mol. The van der Waals surface area contributed by atoms with E-state index in [2.05, 4.69) is 5.32 Å². The topological polar surface area (TPSA) is 49.3 Å². The first-order chi connectivity index (χ1) is 10.5. The molecule has 1 atom stereocenters. The van der Waals surface area contributed by atoms with Crippen molar-refractivity contribution >= 4 is 5.91 Å². The Kier molecular flexibility index (Phi) is 5.16.